The fourth-order valence-corrected chi connectivity index (χ4v) is 4.20. The highest BCUT2D eigenvalue weighted by Crippen LogP contribution is 2.36. The first kappa shape index (κ1) is 16.5. The molecular formula is C16H26N2O2S. The molecule has 1 aliphatic carbocycles. The summed E-state index contributed by atoms with van der Waals surface area (Å²) in [4.78, 5) is 0.362. The zero-order chi connectivity index (χ0) is 15.3. The zero-order valence-corrected chi connectivity index (χ0v) is 13.8. The lowest BCUT2D eigenvalue weighted by Crippen LogP contribution is -2.52. The van der Waals surface area contributed by atoms with E-state index in [-0.39, 0.29) is 5.54 Å². The largest absolute Gasteiger partial charge is 0.313 e. The maximum absolute atomic E-state index is 12.4. The van der Waals surface area contributed by atoms with Crippen molar-refractivity contribution < 1.29 is 8.42 Å². The Kier molecular flexibility index (Phi) is 5.41. The van der Waals surface area contributed by atoms with Gasteiger partial charge in [0.1, 0.15) is 0 Å². The Morgan fingerprint density at radius 3 is 2.29 bits per heavy atom. The van der Waals surface area contributed by atoms with Crippen LogP contribution in [0.5, 0.6) is 0 Å². The fourth-order valence-electron chi connectivity index (χ4n) is 2.67. The standard InChI is InChI=1S/C16H26N2O2S/c1-3-12-17-13-14-6-8-15(9-7-14)21(19,20)18-16(4-2)10-5-11-16/h6-9,17-18H,3-5,10-13H2,1-2H3. The molecule has 1 aromatic carbocycles. The summed E-state index contributed by atoms with van der Waals surface area (Å²) >= 11 is 0. The smallest absolute Gasteiger partial charge is 0.241 e. The first-order valence-electron chi connectivity index (χ1n) is 7.85. The van der Waals surface area contributed by atoms with Gasteiger partial charge in [-0.15, -0.1) is 0 Å². The van der Waals surface area contributed by atoms with Crippen LogP contribution in [-0.4, -0.2) is 20.5 Å². The molecule has 21 heavy (non-hydrogen) atoms. The van der Waals surface area contributed by atoms with Gasteiger partial charge in [0.2, 0.25) is 10.0 Å². The summed E-state index contributed by atoms with van der Waals surface area (Å²) in [6.45, 7) is 5.92. The third kappa shape index (κ3) is 4.05. The molecule has 0 aromatic heterocycles. The highest BCUT2D eigenvalue weighted by atomic mass is 32.2. The number of nitrogens with one attached hydrogen (secondary N) is 2. The van der Waals surface area contributed by atoms with Gasteiger partial charge in [-0.2, -0.15) is 0 Å². The van der Waals surface area contributed by atoms with Crippen molar-refractivity contribution in [1.82, 2.24) is 10.0 Å². The van der Waals surface area contributed by atoms with E-state index in [0.717, 1.165) is 50.8 Å². The number of hydrogen-bond donors (Lipinski definition) is 2. The van der Waals surface area contributed by atoms with E-state index in [1.54, 1.807) is 12.1 Å². The summed E-state index contributed by atoms with van der Waals surface area (Å²) in [6, 6.07) is 7.17. The Bertz CT molecular complexity index is 543. The molecule has 0 aliphatic heterocycles. The second kappa shape index (κ2) is 6.90. The summed E-state index contributed by atoms with van der Waals surface area (Å²) < 4.78 is 27.8. The molecule has 1 fully saturated rings. The Labute approximate surface area is 128 Å². The van der Waals surface area contributed by atoms with Gasteiger partial charge in [-0.3, -0.25) is 0 Å². The lowest BCUT2D eigenvalue weighted by molar-refractivity contribution is 0.214. The van der Waals surface area contributed by atoms with Crippen LogP contribution in [0.15, 0.2) is 29.2 Å². The SMILES string of the molecule is CCCNCc1ccc(S(=O)(=O)NC2(CC)CCC2)cc1. The molecule has 1 saturated carbocycles. The Morgan fingerprint density at radius 1 is 1.14 bits per heavy atom. The van der Waals surface area contributed by atoms with E-state index >= 15 is 0 Å². The maximum atomic E-state index is 12.4. The van der Waals surface area contributed by atoms with E-state index in [9.17, 15) is 8.42 Å². The van der Waals surface area contributed by atoms with Gasteiger partial charge in [0, 0.05) is 12.1 Å². The second-order valence-electron chi connectivity index (χ2n) is 5.91. The zero-order valence-electron chi connectivity index (χ0n) is 13.0. The first-order valence-corrected chi connectivity index (χ1v) is 9.33. The van der Waals surface area contributed by atoms with Crippen molar-refractivity contribution >= 4 is 10.0 Å². The van der Waals surface area contributed by atoms with Gasteiger partial charge in [-0.05, 0) is 56.3 Å². The van der Waals surface area contributed by atoms with Crippen LogP contribution in [-0.2, 0) is 16.6 Å². The van der Waals surface area contributed by atoms with Crippen LogP contribution in [0, 0.1) is 0 Å². The first-order chi connectivity index (χ1) is 10.0. The minimum Gasteiger partial charge on any atom is -0.313 e. The summed E-state index contributed by atoms with van der Waals surface area (Å²) in [6.07, 6.45) is 4.95. The molecule has 4 nitrogen and oxygen atoms in total. The highest BCUT2D eigenvalue weighted by molar-refractivity contribution is 7.89. The minimum absolute atomic E-state index is 0.208. The minimum atomic E-state index is -3.40. The third-order valence-corrected chi connectivity index (χ3v) is 5.92. The molecule has 0 bridgehead atoms. The molecule has 0 heterocycles. The van der Waals surface area contributed by atoms with Crippen molar-refractivity contribution in [3.63, 3.8) is 0 Å². The van der Waals surface area contributed by atoms with Crippen molar-refractivity contribution in [1.29, 1.82) is 0 Å². The summed E-state index contributed by atoms with van der Waals surface area (Å²) in [5.41, 5.74) is 0.899. The van der Waals surface area contributed by atoms with Gasteiger partial charge in [-0.1, -0.05) is 26.0 Å². The van der Waals surface area contributed by atoms with Crippen molar-refractivity contribution in [3.8, 4) is 0 Å². The van der Waals surface area contributed by atoms with Crippen LogP contribution in [0.4, 0.5) is 0 Å². The molecule has 0 saturated heterocycles. The molecule has 0 radical (unpaired) electrons. The lowest BCUT2D eigenvalue weighted by atomic mass is 9.76. The van der Waals surface area contributed by atoms with Crippen LogP contribution >= 0.6 is 0 Å². The molecule has 118 valence electrons. The number of hydrogen-bond acceptors (Lipinski definition) is 3. The predicted molar refractivity (Wildman–Crippen MR) is 85.6 cm³/mol. The average Bonchev–Trinajstić information content (AvgIpc) is 2.44. The van der Waals surface area contributed by atoms with Crippen LogP contribution in [0.3, 0.4) is 0 Å². The van der Waals surface area contributed by atoms with E-state index in [4.69, 9.17) is 0 Å². The van der Waals surface area contributed by atoms with Gasteiger partial charge >= 0.3 is 0 Å². The lowest BCUT2D eigenvalue weighted by Gasteiger charge is -2.41. The Hall–Kier alpha value is -0.910. The molecule has 0 amide bonds. The summed E-state index contributed by atoms with van der Waals surface area (Å²) in [5.74, 6) is 0. The number of benzene rings is 1. The topological polar surface area (TPSA) is 58.2 Å². The second-order valence-corrected chi connectivity index (χ2v) is 7.60. The van der Waals surface area contributed by atoms with Crippen LogP contribution in [0.25, 0.3) is 0 Å². The molecule has 1 aliphatic rings. The average molecular weight is 310 g/mol. The van der Waals surface area contributed by atoms with Crippen molar-refractivity contribution in [2.24, 2.45) is 0 Å². The monoisotopic (exact) mass is 310 g/mol. The molecule has 0 unspecified atom stereocenters. The number of rotatable bonds is 8. The van der Waals surface area contributed by atoms with Gasteiger partial charge < -0.3 is 5.32 Å². The molecule has 2 rings (SSSR count). The predicted octanol–water partition coefficient (Wildman–Crippen LogP) is 2.80. The van der Waals surface area contributed by atoms with Crippen molar-refractivity contribution in [2.45, 2.75) is 62.9 Å². The highest BCUT2D eigenvalue weighted by Gasteiger charge is 2.38. The summed E-state index contributed by atoms with van der Waals surface area (Å²) in [7, 11) is -3.40. The molecule has 2 N–H and O–H groups in total. The van der Waals surface area contributed by atoms with Gasteiger partial charge in [0.05, 0.1) is 4.90 Å². The van der Waals surface area contributed by atoms with E-state index < -0.39 is 10.0 Å². The van der Waals surface area contributed by atoms with E-state index in [0.29, 0.717) is 4.90 Å². The number of sulfonamides is 1. The van der Waals surface area contributed by atoms with Crippen LogP contribution in [0.1, 0.15) is 51.5 Å². The molecular weight excluding hydrogens is 284 g/mol. The Balaban J connectivity index is 2.03. The maximum Gasteiger partial charge on any atom is 0.241 e. The van der Waals surface area contributed by atoms with Gasteiger partial charge in [0.15, 0.2) is 0 Å². The van der Waals surface area contributed by atoms with Gasteiger partial charge in [-0.25, -0.2) is 13.1 Å². The normalized spacial score (nSPS) is 17.4. The van der Waals surface area contributed by atoms with Crippen molar-refractivity contribution in [3.05, 3.63) is 29.8 Å². The quantitative estimate of drug-likeness (QED) is 0.726. The fraction of sp³-hybridized carbons (Fsp3) is 0.625. The van der Waals surface area contributed by atoms with E-state index in [2.05, 4.69) is 17.0 Å². The molecule has 1 aromatic rings. The van der Waals surface area contributed by atoms with Crippen LogP contribution < -0.4 is 10.0 Å². The molecule has 5 heteroatoms. The van der Waals surface area contributed by atoms with Gasteiger partial charge in [0.25, 0.3) is 0 Å². The van der Waals surface area contributed by atoms with E-state index in [1.165, 1.54) is 0 Å². The van der Waals surface area contributed by atoms with Crippen molar-refractivity contribution in [2.75, 3.05) is 6.54 Å². The Morgan fingerprint density at radius 2 is 1.81 bits per heavy atom. The molecule has 0 atom stereocenters. The summed E-state index contributed by atoms with van der Waals surface area (Å²) in [5, 5.41) is 3.31. The van der Waals surface area contributed by atoms with E-state index in [1.807, 2.05) is 19.1 Å². The molecule has 0 spiro atoms. The third-order valence-electron chi connectivity index (χ3n) is 4.33. The van der Waals surface area contributed by atoms with Crippen LogP contribution in [0.2, 0.25) is 0 Å².